The summed E-state index contributed by atoms with van der Waals surface area (Å²) in [4.78, 5) is 30.1. The van der Waals surface area contributed by atoms with Crippen molar-refractivity contribution in [1.82, 2.24) is 0 Å². The largest absolute Gasteiger partial charge is 0.378 e. The number of amides is 2. The van der Waals surface area contributed by atoms with Crippen LogP contribution in [0, 0.1) is 6.92 Å². The maximum Gasteiger partial charge on any atom is 0.282 e. The fraction of sp³-hybridized carbons (Fsp3) is 0.120. The van der Waals surface area contributed by atoms with Crippen LogP contribution in [0.4, 0.5) is 17.1 Å². The fourth-order valence-electron chi connectivity index (χ4n) is 3.44. The van der Waals surface area contributed by atoms with E-state index in [0.29, 0.717) is 16.8 Å². The summed E-state index contributed by atoms with van der Waals surface area (Å²) in [5.74, 6) is -0.700. The van der Waals surface area contributed by atoms with Gasteiger partial charge in [-0.15, -0.1) is 0 Å². The topological polar surface area (TPSA) is 52.7 Å². The van der Waals surface area contributed by atoms with E-state index >= 15 is 0 Å². The van der Waals surface area contributed by atoms with Crippen LogP contribution in [-0.2, 0) is 9.59 Å². The number of nitrogens with zero attached hydrogens (tertiary/aromatic N) is 2. The maximum absolute atomic E-state index is 13.5. The zero-order valence-electron chi connectivity index (χ0n) is 17.2. The van der Waals surface area contributed by atoms with Crippen molar-refractivity contribution < 1.29 is 9.59 Å². The number of para-hydroxylation sites is 1. The van der Waals surface area contributed by atoms with Gasteiger partial charge in [-0.2, -0.15) is 0 Å². The molecule has 0 radical (unpaired) electrons. The van der Waals surface area contributed by atoms with E-state index in [1.165, 1.54) is 4.90 Å². The van der Waals surface area contributed by atoms with Crippen molar-refractivity contribution in [3.8, 4) is 0 Å². The maximum atomic E-state index is 13.5. The standard InChI is InChI=1S/C25H23N3O2/c1-17-12-14-18(15-13-17)22-23(26-19-8-5-4-6-9-19)25(30)28(24(22)29)21-11-7-10-20(16-21)27(2)3/h4-16,26H,1-3H3. The van der Waals surface area contributed by atoms with Crippen LogP contribution in [0.5, 0.6) is 0 Å². The molecule has 4 rings (SSSR count). The third-order valence-corrected chi connectivity index (χ3v) is 5.07. The van der Waals surface area contributed by atoms with Gasteiger partial charge in [0.25, 0.3) is 11.8 Å². The number of benzene rings is 3. The first-order chi connectivity index (χ1) is 14.5. The minimum Gasteiger partial charge on any atom is -0.378 e. The van der Waals surface area contributed by atoms with E-state index < -0.39 is 0 Å². The average Bonchev–Trinajstić information content (AvgIpc) is 2.99. The number of hydrogen-bond acceptors (Lipinski definition) is 4. The lowest BCUT2D eigenvalue weighted by molar-refractivity contribution is -0.120. The van der Waals surface area contributed by atoms with Gasteiger partial charge in [-0.3, -0.25) is 9.59 Å². The molecule has 3 aromatic rings. The Bertz CT molecular complexity index is 1130. The van der Waals surface area contributed by atoms with Gasteiger partial charge in [0.15, 0.2) is 0 Å². The van der Waals surface area contributed by atoms with Gasteiger partial charge >= 0.3 is 0 Å². The molecule has 0 spiro atoms. The van der Waals surface area contributed by atoms with Crippen molar-refractivity contribution in [2.24, 2.45) is 0 Å². The number of rotatable bonds is 5. The van der Waals surface area contributed by atoms with E-state index in [9.17, 15) is 9.59 Å². The van der Waals surface area contributed by atoms with Crippen LogP contribution in [0.15, 0.2) is 84.6 Å². The van der Waals surface area contributed by atoms with Gasteiger partial charge in [0, 0.05) is 25.5 Å². The van der Waals surface area contributed by atoms with Gasteiger partial charge in [0.2, 0.25) is 0 Å². The molecule has 1 aliphatic heterocycles. The minimum atomic E-state index is -0.365. The lowest BCUT2D eigenvalue weighted by Crippen LogP contribution is -2.32. The monoisotopic (exact) mass is 397 g/mol. The highest BCUT2D eigenvalue weighted by atomic mass is 16.2. The van der Waals surface area contributed by atoms with E-state index in [4.69, 9.17) is 0 Å². The summed E-state index contributed by atoms with van der Waals surface area (Å²) in [6.07, 6.45) is 0. The molecule has 0 bridgehead atoms. The van der Waals surface area contributed by atoms with Crippen molar-refractivity contribution in [2.75, 3.05) is 29.2 Å². The number of anilines is 3. The van der Waals surface area contributed by atoms with Crippen molar-refractivity contribution in [3.63, 3.8) is 0 Å². The van der Waals surface area contributed by atoms with Crippen LogP contribution in [-0.4, -0.2) is 25.9 Å². The van der Waals surface area contributed by atoms with Crippen molar-refractivity contribution in [2.45, 2.75) is 6.92 Å². The summed E-state index contributed by atoms with van der Waals surface area (Å²) in [5, 5.41) is 3.18. The molecule has 0 atom stereocenters. The molecule has 150 valence electrons. The minimum absolute atomic E-state index is 0.283. The van der Waals surface area contributed by atoms with E-state index in [1.807, 2.05) is 98.7 Å². The first kappa shape index (κ1) is 19.5. The first-order valence-electron chi connectivity index (χ1n) is 9.75. The van der Waals surface area contributed by atoms with Gasteiger partial charge in [0.1, 0.15) is 5.70 Å². The quantitative estimate of drug-likeness (QED) is 0.646. The molecule has 1 N–H and O–H groups in total. The molecular weight excluding hydrogens is 374 g/mol. The molecule has 3 aromatic carbocycles. The van der Waals surface area contributed by atoms with Crippen LogP contribution < -0.4 is 15.1 Å². The van der Waals surface area contributed by atoms with Crippen molar-refractivity contribution >= 4 is 34.4 Å². The molecule has 1 heterocycles. The molecular formula is C25H23N3O2. The SMILES string of the molecule is Cc1ccc(C2=C(Nc3ccccc3)C(=O)N(c3cccc(N(C)C)c3)C2=O)cc1. The van der Waals surface area contributed by atoms with Gasteiger partial charge in [-0.05, 0) is 42.8 Å². The third kappa shape index (κ3) is 3.57. The summed E-state index contributed by atoms with van der Waals surface area (Å²) in [6, 6.07) is 24.4. The Balaban J connectivity index is 1.81. The second-order valence-electron chi connectivity index (χ2n) is 7.47. The number of imide groups is 1. The second-order valence-corrected chi connectivity index (χ2v) is 7.47. The summed E-state index contributed by atoms with van der Waals surface area (Å²) >= 11 is 0. The third-order valence-electron chi connectivity index (χ3n) is 5.07. The molecule has 0 unspecified atom stereocenters. The van der Waals surface area contributed by atoms with Crippen LogP contribution in [0.3, 0.4) is 0 Å². The van der Waals surface area contributed by atoms with E-state index in [0.717, 1.165) is 16.9 Å². The number of nitrogens with one attached hydrogen (secondary N) is 1. The fourth-order valence-corrected chi connectivity index (χ4v) is 3.44. The average molecular weight is 397 g/mol. The Labute approximate surface area is 176 Å². The summed E-state index contributed by atoms with van der Waals surface area (Å²) in [7, 11) is 3.84. The highest BCUT2D eigenvalue weighted by Crippen LogP contribution is 2.34. The summed E-state index contributed by atoms with van der Waals surface area (Å²) < 4.78 is 0. The predicted molar refractivity (Wildman–Crippen MR) is 121 cm³/mol. The smallest absolute Gasteiger partial charge is 0.282 e. The van der Waals surface area contributed by atoms with Gasteiger partial charge in [-0.25, -0.2) is 4.90 Å². The van der Waals surface area contributed by atoms with E-state index in [2.05, 4.69) is 5.32 Å². The number of carbonyl (C=O) groups is 2. The lowest BCUT2D eigenvalue weighted by atomic mass is 10.0. The molecule has 0 saturated heterocycles. The van der Waals surface area contributed by atoms with Crippen molar-refractivity contribution in [3.05, 3.63) is 95.7 Å². The van der Waals surface area contributed by atoms with Crippen LogP contribution >= 0.6 is 0 Å². The first-order valence-corrected chi connectivity index (χ1v) is 9.75. The van der Waals surface area contributed by atoms with Gasteiger partial charge in [-0.1, -0.05) is 54.1 Å². The Kier molecular flexibility index (Phi) is 5.11. The zero-order valence-corrected chi connectivity index (χ0v) is 17.2. The Morgan fingerprint density at radius 3 is 2.17 bits per heavy atom. The van der Waals surface area contributed by atoms with Crippen LogP contribution in [0.1, 0.15) is 11.1 Å². The highest BCUT2D eigenvalue weighted by Gasteiger charge is 2.40. The molecule has 5 heteroatoms. The van der Waals surface area contributed by atoms with E-state index in [-0.39, 0.29) is 17.5 Å². The predicted octanol–water partition coefficient (Wildman–Crippen LogP) is 4.46. The summed E-state index contributed by atoms with van der Waals surface area (Å²) in [6.45, 7) is 1.99. The Morgan fingerprint density at radius 1 is 0.800 bits per heavy atom. The van der Waals surface area contributed by atoms with Gasteiger partial charge < -0.3 is 10.2 Å². The molecule has 1 aliphatic rings. The molecule has 0 aromatic heterocycles. The molecule has 0 saturated carbocycles. The number of hydrogen-bond donors (Lipinski definition) is 1. The molecule has 2 amide bonds. The van der Waals surface area contributed by atoms with Gasteiger partial charge in [0.05, 0.1) is 11.3 Å². The molecule has 5 nitrogen and oxygen atoms in total. The number of aryl methyl sites for hydroxylation is 1. The second kappa shape index (κ2) is 7.87. The van der Waals surface area contributed by atoms with Crippen molar-refractivity contribution in [1.29, 1.82) is 0 Å². The lowest BCUT2D eigenvalue weighted by Gasteiger charge is -2.19. The highest BCUT2D eigenvalue weighted by molar-refractivity contribution is 6.46. The normalized spacial score (nSPS) is 13.8. The molecule has 0 aliphatic carbocycles. The number of carbonyl (C=O) groups excluding carboxylic acids is 2. The Morgan fingerprint density at radius 2 is 1.50 bits per heavy atom. The Hall–Kier alpha value is -3.86. The summed E-state index contributed by atoms with van der Waals surface area (Å²) in [5.41, 5.74) is 4.67. The molecule has 30 heavy (non-hydrogen) atoms. The zero-order chi connectivity index (χ0) is 21.3. The van der Waals surface area contributed by atoms with Crippen LogP contribution in [0.2, 0.25) is 0 Å². The van der Waals surface area contributed by atoms with E-state index in [1.54, 1.807) is 6.07 Å². The van der Waals surface area contributed by atoms with Crippen LogP contribution in [0.25, 0.3) is 5.57 Å². The molecule has 0 fully saturated rings.